The molecule has 3 aromatic rings. The first-order valence-electron chi connectivity index (χ1n) is 8.90. The Morgan fingerprint density at radius 1 is 1.21 bits per heavy atom. The molecular formula is C21H16Cl2N4O2. The van der Waals surface area contributed by atoms with Crippen LogP contribution in [-0.2, 0) is 11.2 Å². The third kappa shape index (κ3) is 3.95. The number of aromatic nitrogens is 2. The summed E-state index contributed by atoms with van der Waals surface area (Å²) in [6.07, 6.45) is 3.47. The Kier molecular flexibility index (Phi) is 5.22. The minimum Gasteiger partial charge on any atom is -0.324 e. The van der Waals surface area contributed by atoms with Crippen LogP contribution >= 0.6 is 23.2 Å². The van der Waals surface area contributed by atoms with Crippen LogP contribution in [0.3, 0.4) is 0 Å². The maximum Gasteiger partial charge on any atom is 0.249 e. The predicted octanol–water partition coefficient (Wildman–Crippen LogP) is 4.25. The lowest BCUT2D eigenvalue weighted by Gasteiger charge is -2.12. The lowest BCUT2D eigenvalue weighted by molar-refractivity contribution is -0.117. The van der Waals surface area contributed by atoms with Gasteiger partial charge in [0.1, 0.15) is 6.04 Å². The van der Waals surface area contributed by atoms with Gasteiger partial charge in [0.15, 0.2) is 0 Å². The number of anilines is 1. The molecule has 146 valence electrons. The second kappa shape index (κ2) is 7.81. The van der Waals surface area contributed by atoms with E-state index in [0.29, 0.717) is 39.0 Å². The van der Waals surface area contributed by atoms with Crippen molar-refractivity contribution >= 4 is 46.4 Å². The van der Waals surface area contributed by atoms with E-state index in [9.17, 15) is 9.59 Å². The van der Waals surface area contributed by atoms with E-state index in [1.165, 1.54) is 11.6 Å². The van der Waals surface area contributed by atoms with Crippen LogP contribution in [-0.4, -0.2) is 33.3 Å². The highest BCUT2D eigenvalue weighted by atomic mass is 35.5. The number of carbonyl (C=O) groups excluding carboxylic acids is 2. The normalized spacial score (nSPS) is 15.9. The Morgan fingerprint density at radius 2 is 2.00 bits per heavy atom. The zero-order valence-corrected chi connectivity index (χ0v) is 16.9. The fourth-order valence-corrected chi connectivity index (χ4v) is 3.56. The minimum absolute atomic E-state index is 0.224. The van der Waals surface area contributed by atoms with Gasteiger partial charge in [-0.2, -0.15) is 5.10 Å². The molecule has 1 aliphatic rings. The fourth-order valence-electron chi connectivity index (χ4n) is 3.18. The van der Waals surface area contributed by atoms with Crippen molar-refractivity contribution in [2.45, 2.75) is 19.4 Å². The van der Waals surface area contributed by atoms with E-state index in [1.807, 2.05) is 18.2 Å². The number of carbonyl (C=O) groups is 2. The zero-order valence-electron chi connectivity index (χ0n) is 15.4. The van der Waals surface area contributed by atoms with E-state index in [-0.39, 0.29) is 11.8 Å². The van der Waals surface area contributed by atoms with Crippen LogP contribution in [0.2, 0.25) is 10.0 Å². The summed E-state index contributed by atoms with van der Waals surface area (Å²) >= 11 is 12.5. The highest BCUT2D eigenvalue weighted by Gasteiger charge is 2.27. The van der Waals surface area contributed by atoms with Gasteiger partial charge in [-0.3, -0.25) is 14.6 Å². The minimum atomic E-state index is -0.711. The highest BCUT2D eigenvalue weighted by Crippen LogP contribution is 2.28. The summed E-state index contributed by atoms with van der Waals surface area (Å²) in [6, 6.07) is 11.8. The molecule has 1 amide bonds. The third-order valence-corrected chi connectivity index (χ3v) is 5.24. The van der Waals surface area contributed by atoms with Gasteiger partial charge in [0.05, 0.1) is 17.6 Å². The monoisotopic (exact) mass is 426 g/mol. The summed E-state index contributed by atoms with van der Waals surface area (Å²) < 4.78 is 1.23. The van der Waals surface area contributed by atoms with Crippen LogP contribution in [0.5, 0.6) is 0 Å². The molecule has 0 spiro atoms. The number of benzene rings is 2. The SMILES string of the molecule is CC(=O)n1cc(C2=NC(Cc3ccccc3Cl)C(=O)Nc3ccc(Cl)cc32)cn1. The number of nitrogens with zero attached hydrogens (tertiary/aromatic N) is 3. The fraction of sp³-hybridized carbons (Fsp3) is 0.143. The van der Waals surface area contributed by atoms with E-state index in [4.69, 9.17) is 28.2 Å². The van der Waals surface area contributed by atoms with Gasteiger partial charge in [-0.15, -0.1) is 0 Å². The maximum absolute atomic E-state index is 12.9. The Balaban J connectivity index is 1.83. The van der Waals surface area contributed by atoms with E-state index in [0.717, 1.165) is 5.56 Å². The molecule has 4 rings (SSSR count). The Morgan fingerprint density at radius 3 is 2.72 bits per heavy atom. The Labute approximate surface area is 177 Å². The molecular weight excluding hydrogens is 411 g/mol. The molecule has 1 unspecified atom stereocenters. The molecule has 29 heavy (non-hydrogen) atoms. The number of hydrogen-bond donors (Lipinski definition) is 1. The van der Waals surface area contributed by atoms with Crippen LogP contribution in [0, 0.1) is 0 Å². The summed E-state index contributed by atoms with van der Waals surface area (Å²) in [4.78, 5) is 29.3. The Hall–Kier alpha value is -2.96. The first-order valence-corrected chi connectivity index (χ1v) is 9.66. The zero-order chi connectivity index (χ0) is 20.5. The number of benzodiazepines with no additional fused rings is 1. The van der Waals surface area contributed by atoms with Gasteiger partial charge in [-0.25, -0.2) is 4.68 Å². The van der Waals surface area contributed by atoms with Crippen LogP contribution in [0.25, 0.3) is 0 Å². The van der Waals surface area contributed by atoms with Crippen molar-refractivity contribution in [1.29, 1.82) is 0 Å². The average molecular weight is 427 g/mol. The second-order valence-electron chi connectivity index (χ2n) is 6.66. The highest BCUT2D eigenvalue weighted by molar-refractivity contribution is 6.32. The molecule has 2 heterocycles. The first-order chi connectivity index (χ1) is 13.9. The molecule has 1 N–H and O–H groups in total. The van der Waals surface area contributed by atoms with Crippen molar-refractivity contribution in [2.24, 2.45) is 4.99 Å². The van der Waals surface area contributed by atoms with Crippen molar-refractivity contribution < 1.29 is 9.59 Å². The lowest BCUT2D eigenvalue weighted by atomic mass is 10.0. The summed E-state index contributed by atoms with van der Waals surface area (Å²) in [5.74, 6) is -0.471. The molecule has 0 radical (unpaired) electrons. The van der Waals surface area contributed by atoms with Gasteiger partial charge < -0.3 is 5.32 Å². The van der Waals surface area contributed by atoms with Crippen LogP contribution < -0.4 is 5.32 Å². The Bertz CT molecular complexity index is 1150. The van der Waals surface area contributed by atoms with Gasteiger partial charge in [-0.05, 0) is 29.8 Å². The maximum atomic E-state index is 12.9. The number of hydrogen-bond acceptors (Lipinski definition) is 4. The van der Waals surface area contributed by atoms with E-state index in [1.54, 1.807) is 36.7 Å². The number of nitrogens with one attached hydrogen (secondary N) is 1. The quantitative estimate of drug-likeness (QED) is 0.679. The van der Waals surface area contributed by atoms with Gasteiger partial charge in [0, 0.05) is 40.7 Å². The third-order valence-electron chi connectivity index (χ3n) is 4.63. The molecule has 1 aliphatic heterocycles. The molecule has 8 heteroatoms. The van der Waals surface area contributed by atoms with Crippen molar-refractivity contribution in [3.63, 3.8) is 0 Å². The number of aliphatic imine (C=N–C) groups is 1. The molecule has 0 fully saturated rings. The van der Waals surface area contributed by atoms with E-state index < -0.39 is 6.04 Å². The predicted molar refractivity (Wildman–Crippen MR) is 113 cm³/mol. The lowest BCUT2D eigenvalue weighted by Crippen LogP contribution is -2.27. The number of rotatable bonds is 3. The van der Waals surface area contributed by atoms with Crippen LogP contribution in [0.15, 0.2) is 59.9 Å². The van der Waals surface area contributed by atoms with Gasteiger partial charge >= 0.3 is 0 Å². The summed E-state index contributed by atoms with van der Waals surface area (Å²) in [5.41, 5.74) is 3.22. The van der Waals surface area contributed by atoms with Crippen molar-refractivity contribution in [2.75, 3.05) is 5.32 Å². The second-order valence-corrected chi connectivity index (χ2v) is 7.50. The summed E-state index contributed by atoms with van der Waals surface area (Å²) in [7, 11) is 0. The largest absolute Gasteiger partial charge is 0.324 e. The van der Waals surface area contributed by atoms with Crippen LogP contribution in [0.4, 0.5) is 5.69 Å². The van der Waals surface area contributed by atoms with Crippen molar-refractivity contribution in [3.8, 4) is 0 Å². The first kappa shape index (κ1) is 19.4. The van der Waals surface area contributed by atoms with Crippen molar-refractivity contribution in [1.82, 2.24) is 9.78 Å². The number of fused-ring (bicyclic) bond motifs is 1. The topological polar surface area (TPSA) is 76.3 Å². The van der Waals surface area contributed by atoms with Crippen LogP contribution in [0.1, 0.15) is 28.4 Å². The summed E-state index contributed by atoms with van der Waals surface area (Å²) in [6.45, 7) is 1.42. The molecule has 1 aromatic heterocycles. The van der Waals surface area contributed by atoms with Crippen molar-refractivity contribution in [3.05, 3.63) is 81.6 Å². The standard InChI is InChI=1S/C21H16Cl2N4O2/c1-12(28)27-11-14(10-24-27)20-16-9-15(22)6-7-18(16)26-21(29)19(25-20)8-13-4-2-3-5-17(13)23/h2-7,9-11,19H,8H2,1H3,(H,26,29). The molecule has 2 aromatic carbocycles. The number of amides is 1. The summed E-state index contributed by atoms with van der Waals surface area (Å²) in [5, 5.41) is 8.09. The molecule has 0 saturated heterocycles. The average Bonchev–Trinajstić information content (AvgIpc) is 3.13. The van der Waals surface area contributed by atoms with Gasteiger partial charge in [0.2, 0.25) is 11.8 Å². The molecule has 6 nitrogen and oxygen atoms in total. The molecule has 0 saturated carbocycles. The van der Waals surface area contributed by atoms with Gasteiger partial charge in [-0.1, -0.05) is 41.4 Å². The van der Waals surface area contributed by atoms with E-state index >= 15 is 0 Å². The smallest absolute Gasteiger partial charge is 0.249 e. The van der Waals surface area contributed by atoms with E-state index in [2.05, 4.69) is 10.4 Å². The molecule has 0 aliphatic carbocycles. The number of halogens is 2. The molecule has 1 atom stereocenters. The molecule has 0 bridgehead atoms. The van der Waals surface area contributed by atoms with Gasteiger partial charge in [0.25, 0.3) is 0 Å².